The fourth-order valence-electron chi connectivity index (χ4n) is 1.97. The van der Waals surface area contributed by atoms with E-state index in [0.717, 1.165) is 6.42 Å². The molecule has 1 unspecified atom stereocenters. The van der Waals surface area contributed by atoms with Gasteiger partial charge in [0.1, 0.15) is 5.54 Å². The zero-order valence-corrected chi connectivity index (χ0v) is 9.51. The van der Waals surface area contributed by atoms with Crippen molar-refractivity contribution in [2.24, 2.45) is 5.92 Å². The van der Waals surface area contributed by atoms with Gasteiger partial charge in [0.2, 0.25) is 0 Å². The Bertz CT molecular complexity index is 265. The van der Waals surface area contributed by atoms with Crippen LogP contribution in [0.1, 0.15) is 32.6 Å². The van der Waals surface area contributed by atoms with Gasteiger partial charge in [-0.1, -0.05) is 25.2 Å². The monoisotopic (exact) mass is 209 g/mol. The third-order valence-electron chi connectivity index (χ3n) is 3.14. The van der Waals surface area contributed by atoms with E-state index < -0.39 is 5.54 Å². The first kappa shape index (κ1) is 12.1. The Morgan fingerprint density at radius 2 is 2.33 bits per heavy atom. The predicted octanol–water partition coefficient (Wildman–Crippen LogP) is 1.33. The van der Waals surface area contributed by atoms with Crippen LogP contribution < -0.4 is 5.32 Å². The summed E-state index contributed by atoms with van der Waals surface area (Å²) < 4.78 is 4.81. The van der Waals surface area contributed by atoms with Crippen LogP contribution >= 0.6 is 0 Å². The Labute approximate surface area is 91.6 Å². The average molecular weight is 209 g/mol. The van der Waals surface area contributed by atoms with Crippen molar-refractivity contribution in [3.63, 3.8) is 0 Å². The van der Waals surface area contributed by atoms with E-state index in [4.69, 9.17) is 11.2 Å². The summed E-state index contributed by atoms with van der Waals surface area (Å²) in [5.74, 6) is 2.91. The van der Waals surface area contributed by atoms with E-state index in [9.17, 15) is 4.79 Å². The molecule has 3 nitrogen and oxygen atoms in total. The lowest BCUT2D eigenvalue weighted by molar-refractivity contribution is -0.148. The Balaban J connectivity index is 2.57. The van der Waals surface area contributed by atoms with Crippen molar-refractivity contribution in [3.05, 3.63) is 0 Å². The molecular formula is C12H19NO2. The number of rotatable bonds is 5. The molecule has 0 amide bonds. The molecule has 1 atom stereocenters. The van der Waals surface area contributed by atoms with Gasteiger partial charge in [-0.2, -0.15) is 0 Å². The van der Waals surface area contributed by atoms with Gasteiger partial charge in [-0.05, 0) is 19.3 Å². The van der Waals surface area contributed by atoms with Crippen molar-refractivity contribution in [1.82, 2.24) is 5.32 Å². The molecule has 0 aromatic rings. The number of nitrogens with one attached hydrogen (secondary N) is 1. The molecule has 0 saturated heterocycles. The van der Waals surface area contributed by atoms with Crippen molar-refractivity contribution in [2.45, 2.75) is 38.1 Å². The second kappa shape index (κ2) is 5.18. The van der Waals surface area contributed by atoms with Gasteiger partial charge in [0.05, 0.1) is 13.7 Å². The van der Waals surface area contributed by atoms with Crippen molar-refractivity contribution in [3.8, 4) is 12.3 Å². The molecule has 1 rings (SSSR count). The first-order chi connectivity index (χ1) is 7.12. The van der Waals surface area contributed by atoms with Crippen molar-refractivity contribution in [2.75, 3.05) is 13.7 Å². The van der Waals surface area contributed by atoms with E-state index >= 15 is 0 Å². The molecule has 0 aromatic carbocycles. The fourth-order valence-corrected chi connectivity index (χ4v) is 1.97. The minimum Gasteiger partial charge on any atom is -0.468 e. The fraction of sp³-hybridized carbons (Fsp3) is 0.750. The summed E-state index contributed by atoms with van der Waals surface area (Å²) in [5.41, 5.74) is -0.619. The molecule has 3 heteroatoms. The van der Waals surface area contributed by atoms with Gasteiger partial charge in [0.25, 0.3) is 0 Å². The maximum Gasteiger partial charge on any atom is 0.325 e. The quantitative estimate of drug-likeness (QED) is 0.548. The van der Waals surface area contributed by atoms with E-state index in [2.05, 4.69) is 11.2 Å². The van der Waals surface area contributed by atoms with Crippen LogP contribution in [-0.4, -0.2) is 25.2 Å². The molecule has 0 aliphatic heterocycles. The Hall–Kier alpha value is -1.01. The minimum atomic E-state index is -0.619. The molecule has 1 saturated carbocycles. The van der Waals surface area contributed by atoms with Crippen LogP contribution in [0.5, 0.6) is 0 Å². The highest BCUT2D eigenvalue weighted by Crippen LogP contribution is 2.34. The first-order valence-corrected chi connectivity index (χ1v) is 5.39. The summed E-state index contributed by atoms with van der Waals surface area (Å²) in [5, 5.41) is 3.08. The number of hydrogen-bond donors (Lipinski definition) is 1. The standard InChI is InChI=1S/C12H19NO2/c1-4-8-13-12(2,11(14)15-3)9-10-6-5-7-10/h1,10,13H,5-9H2,2-3H3. The lowest BCUT2D eigenvalue weighted by Crippen LogP contribution is -2.52. The third-order valence-corrected chi connectivity index (χ3v) is 3.14. The number of hydrogen-bond acceptors (Lipinski definition) is 3. The molecule has 0 radical (unpaired) electrons. The third kappa shape index (κ3) is 2.97. The Morgan fingerprint density at radius 1 is 1.67 bits per heavy atom. The van der Waals surface area contributed by atoms with Gasteiger partial charge in [-0.3, -0.25) is 10.1 Å². The Morgan fingerprint density at radius 3 is 2.73 bits per heavy atom. The maximum absolute atomic E-state index is 11.7. The highest BCUT2D eigenvalue weighted by atomic mass is 16.5. The number of carbonyl (C=O) groups is 1. The van der Waals surface area contributed by atoms with E-state index in [1.165, 1.54) is 26.4 Å². The second-order valence-corrected chi connectivity index (χ2v) is 4.38. The predicted molar refractivity (Wildman–Crippen MR) is 59.2 cm³/mol. The van der Waals surface area contributed by atoms with Gasteiger partial charge in [-0.15, -0.1) is 6.42 Å². The molecule has 1 aliphatic rings. The summed E-state index contributed by atoms with van der Waals surface area (Å²) >= 11 is 0. The SMILES string of the molecule is C#CCNC(C)(CC1CCC1)C(=O)OC. The molecule has 1 aliphatic carbocycles. The largest absolute Gasteiger partial charge is 0.468 e. The summed E-state index contributed by atoms with van der Waals surface area (Å²) in [6, 6.07) is 0. The molecular weight excluding hydrogens is 190 g/mol. The maximum atomic E-state index is 11.7. The lowest BCUT2D eigenvalue weighted by atomic mass is 9.76. The van der Waals surface area contributed by atoms with Crippen molar-refractivity contribution >= 4 is 5.97 Å². The van der Waals surface area contributed by atoms with Gasteiger partial charge in [0, 0.05) is 0 Å². The van der Waals surface area contributed by atoms with Crippen LogP contribution in [0.2, 0.25) is 0 Å². The van der Waals surface area contributed by atoms with Gasteiger partial charge < -0.3 is 4.74 Å². The Kier molecular flexibility index (Phi) is 4.16. The summed E-state index contributed by atoms with van der Waals surface area (Å²) in [6.45, 7) is 2.27. The van der Waals surface area contributed by atoms with Crippen LogP contribution in [0.3, 0.4) is 0 Å². The molecule has 1 fully saturated rings. The number of carbonyl (C=O) groups excluding carboxylic acids is 1. The van der Waals surface area contributed by atoms with E-state index in [1.54, 1.807) is 0 Å². The smallest absolute Gasteiger partial charge is 0.325 e. The number of ether oxygens (including phenoxy) is 1. The van der Waals surface area contributed by atoms with E-state index in [-0.39, 0.29) is 5.97 Å². The van der Waals surface area contributed by atoms with Crippen LogP contribution in [0.25, 0.3) is 0 Å². The van der Waals surface area contributed by atoms with Gasteiger partial charge in [0.15, 0.2) is 0 Å². The van der Waals surface area contributed by atoms with Crippen LogP contribution in [0.15, 0.2) is 0 Å². The summed E-state index contributed by atoms with van der Waals surface area (Å²) in [6.07, 6.45) is 9.71. The van der Waals surface area contributed by atoms with Gasteiger partial charge >= 0.3 is 5.97 Å². The molecule has 0 aromatic heterocycles. The highest BCUT2D eigenvalue weighted by Gasteiger charge is 2.37. The zero-order valence-electron chi connectivity index (χ0n) is 9.51. The minimum absolute atomic E-state index is 0.218. The molecule has 1 N–H and O–H groups in total. The van der Waals surface area contributed by atoms with Gasteiger partial charge in [-0.25, -0.2) is 0 Å². The number of methoxy groups -OCH3 is 1. The van der Waals surface area contributed by atoms with Crippen LogP contribution in [-0.2, 0) is 9.53 Å². The van der Waals surface area contributed by atoms with E-state index in [1.807, 2.05) is 6.92 Å². The van der Waals surface area contributed by atoms with Crippen LogP contribution in [0, 0.1) is 18.3 Å². The molecule has 84 valence electrons. The van der Waals surface area contributed by atoms with E-state index in [0.29, 0.717) is 12.5 Å². The topological polar surface area (TPSA) is 38.3 Å². The lowest BCUT2D eigenvalue weighted by Gasteiger charge is -2.35. The number of esters is 1. The second-order valence-electron chi connectivity index (χ2n) is 4.38. The highest BCUT2D eigenvalue weighted by molar-refractivity contribution is 5.80. The molecule has 0 bridgehead atoms. The first-order valence-electron chi connectivity index (χ1n) is 5.39. The van der Waals surface area contributed by atoms with Crippen LogP contribution in [0.4, 0.5) is 0 Å². The van der Waals surface area contributed by atoms with Crippen molar-refractivity contribution in [1.29, 1.82) is 0 Å². The number of terminal acetylenes is 1. The summed E-state index contributed by atoms with van der Waals surface area (Å²) in [7, 11) is 1.42. The van der Waals surface area contributed by atoms with Crippen molar-refractivity contribution < 1.29 is 9.53 Å². The molecule has 15 heavy (non-hydrogen) atoms. The normalized spacial score (nSPS) is 19.8. The average Bonchev–Trinajstić information content (AvgIpc) is 2.19. The molecule has 0 spiro atoms. The zero-order chi connectivity index (χ0) is 11.3. The molecule has 0 heterocycles. The summed E-state index contributed by atoms with van der Waals surface area (Å²) in [4.78, 5) is 11.7.